The maximum Gasteiger partial charge on any atom is 0.408 e. The lowest BCUT2D eigenvalue weighted by atomic mass is 9.98. The van der Waals surface area contributed by atoms with Crippen molar-refractivity contribution < 1.29 is 33.3 Å². The van der Waals surface area contributed by atoms with Crippen molar-refractivity contribution in [2.75, 3.05) is 13.1 Å². The number of likely N-dealkylation sites (tertiary alicyclic amines) is 1. The molecular weight excluding hydrogens is 806 g/mol. The van der Waals surface area contributed by atoms with Crippen LogP contribution in [0.3, 0.4) is 0 Å². The molecule has 1 aromatic heterocycles. The molecule has 0 saturated carbocycles. The summed E-state index contributed by atoms with van der Waals surface area (Å²) >= 11 is 0. The predicted molar refractivity (Wildman–Crippen MR) is 238 cm³/mol. The molecule has 5 N–H and O–H groups in total. The first-order valence-corrected chi connectivity index (χ1v) is 22.4. The lowest BCUT2D eigenvalue weighted by Crippen LogP contribution is -2.56. The number of nitrogens with one attached hydrogen (secondary N) is 5. The van der Waals surface area contributed by atoms with Crippen LogP contribution in [0, 0.1) is 5.92 Å². The summed E-state index contributed by atoms with van der Waals surface area (Å²) in [6, 6.07) is 30.7. The van der Waals surface area contributed by atoms with Crippen molar-refractivity contribution in [1.82, 2.24) is 36.1 Å². The Hall–Kier alpha value is -5.92. The van der Waals surface area contributed by atoms with E-state index in [1.807, 2.05) is 105 Å². The fourth-order valence-electron chi connectivity index (χ4n) is 7.41. The predicted octanol–water partition coefficient (Wildman–Crippen LogP) is 5.28. The number of hydrogen-bond acceptors (Lipinski definition) is 9. The maximum atomic E-state index is 14.2. The maximum absolute atomic E-state index is 14.2. The van der Waals surface area contributed by atoms with E-state index in [4.69, 9.17) is 9.26 Å². The van der Waals surface area contributed by atoms with E-state index in [-0.39, 0.29) is 43.7 Å². The number of ether oxygens (including phenoxy) is 1. The molecule has 4 amide bonds. The van der Waals surface area contributed by atoms with E-state index in [9.17, 15) is 24.1 Å². The molecule has 4 aromatic carbocycles. The monoisotopic (exact) mass is 861 g/mol. The fraction of sp³-hybridized carbons (Fsp3) is 0.362. The molecule has 0 aliphatic carbocycles. The number of benzene rings is 4. The molecule has 1 fully saturated rings. The van der Waals surface area contributed by atoms with Gasteiger partial charge in [0.2, 0.25) is 25.7 Å². The molecule has 1 aliphatic rings. The number of hydrogen-bond donors (Lipinski definition) is 5. The second kappa shape index (κ2) is 23.3. The number of carbonyl (C=O) groups excluding carboxylic acids is 4. The van der Waals surface area contributed by atoms with Crippen LogP contribution in [0.2, 0.25) is 0 Å². The highest BCUT2D eigenvalue weighted by atomic mass is 31.1. The summed E-state index contributed by atoms with van der Waals surface area (Å²) in [4.78, 5) is 77.1. The van der Waals surface area contributed by atoms with Crippen LogP contribution in [0.15, 0.2) is 116 Å². The summed E-state index contributed by atoms with van der Waals surface area (Å²) in [5, 5.41) is 13.3. The van der Waals surface area contributed by atoms with Crippen molar-refractivity contribution in [3.05, 3.63) is 138 Å². The second-order valence-electron chi connectivity index (χ2n) is 16.0. The van der Waals surface area contributed by atoms with Crippen molar-refractivity contribution in [2.45, 2.75) is 89.9 Å². The number of alkyl carbamates (subject to hydrolysis) is 1. The minimum absolute atomic E-state index is 0.00329. The lowest BCUT2D eigenvalue weighted by molar-refractivity contribution is -0.177. The first-order valence-electron chi connectivity index (χ1n) is 21.1. The van der Waals surface area contributed by atoms with Crippen LogP contribution in [-0.2, 0) is 49.6 Å². The second-order valence-corrected chi connectivity index (χ2v) is 17.1. The molecule has 1 aliphatic heterocycles. The summed E-state index contributed by atoms with van der Waals surface area (Å²) < 4.78 is 11.3. The molecule has 2 heterocycles. The van der Waals surface area contributed by atoms with Gasteiger partial charge in [-0.05, 0) is 52.6 Å². The molecule has 14 nitrogen and oxygen atoms in total. The molecule has 6 rings (SSSR count). The average Bonchev–Trinajstić information content (AvgIpc) is 3.79. The molecule has 3 unspecified atom stereocenters. The van der Waals surface area contributed by atoms with Crippen LogP contribution >= 0.6 is 8.00 Å². The molecular formula is C47H56N7O7P. The van der Waals surface area contributed by atoms with Gasteiger partial charge >= 0.3 is 6.09 Å². The number of rotatable bonds is 20. The van der Waals surface area contributed by atoms with E-state index in [0.717, 1.165) is 54.4 Å². The van der Waals surface area contributed by atoms with Crippen LogP contribution in [0.5, 0.6) is 0 Å². The Balaban J connectivity index is 1.09. The zero-order valence-electron chi connectivity index (χ0n) is 35.2. The summed E-state index contributed by atoms with van der Waals surface area (Å²) in [5.74, 6) is -0.131. The van der Waals surface area contributed by atoms with Gasteiger partial charge in [-0.1, -0.05) is 117 Å². The van der Waals surface area contributed by atoms with Crippen LogP contribution in [0.25, 0.3) is 10.8 Å². The number of carbonyl (C=O) groups is 4. The van der Waals surface area contributed by atoms with E-state index in [1.165, 1.54) is 17.7 Å². The standard InChI is InChI=1S/C47H56N7O7P/c1-33(2)26-44(61-62(59)25-22-43(55)50-38-20-23-54(24-21-38)30-34-12-5-3-6-13-34)53-46(57)42(28-39-29-48-32-49-39)51-45(56)41(52-47(58)60-31-35-14-7-4-8-15-35)27-37-18-11-17-36-16-9-10-19-40(36)37/h3-19,25,29,32-33,38,41-42,44H,20-24,26-28,30-31H2,1-2H3,(H,48,49)(H,50,55)(H,51,56)(H,52,58)(H,53,57)/t41-,42?,44?/m0/s1. The van der Waals surface area contributed by atoms with Gasteiger partial charge in [0.15, 0.2) is 6.23 Å². The van der Waals surface area contributed by atoms with Gasteiger partial charge in [-0.3, -0.25) is 19.3 Å². The van der Waals surface area contributed by atoms with Gasteiger partial charge in [-0.15, -0.1) is 0 Å². The van der Waals surface area contributed by atoms with Crippen molar-refractivity contribution in [3.63, 3.8) is 0 Å². The Morgan fingerprint density at radius 1 is 0.839 bits per heavy atom. The van der Waals surface area contributed by atoms with Crippen LogP contribution < -0.4 is 26.2 Å². The van der Waals surface area contributed by atoms with Gasteiger partial charge in [-0.2, -0.15) is 4.52 Å². The smallest absolute Gasteiger partial charge is 0.408 e. The third-order valence-electron chi connectivity index (χ3n) is 10.6. The first-order chi connectivity index (χ1) is 30.1. The highest BCUT2D eigenvalue weighted by Gasteiger charge is 2.31. The Labute approximate surface area is 363 Å². The third kappa shape index (κ3) is 14.6. The lowest BCUT2D eigenvalue weighted by Gasteiger charge is -2.32. The largest absolute Gasteiger partial charge is 0.603 e. The molecule has 0 bridgehead atoms. The number of imidazole rings is 1. The summed E-state index contributed by atoms with van der Waals surface area (Å²) in [6.45, 7) is 6.46. The van der Waals surface area contributed by atoms with Gasteiger partial charge in [0, 0.05) is 50.4 Å². The Bertz CT molecular complexity index is 2230. The quantitative estimate of drug-likeness (QED) is 0.0513. The van der Waals surface area contributed by atoms with Crippen molar-refractivity contribution >= 4 is 48.4 Å². The molecule has 5 aromatic rings. The molecule has 0 radical (unpaired) electrons. The Morgan fingerprint density at radius 3 is 2.21 bits per heavy atom. The normalized spacial score (nSPS) is 15.1. The van der Waals surface area contributed by atoms with Gasteiger partial charge < -0.3 is 35.9 Å². The van der Waals surface area contributed by atoms with Crippen molar-refractivity contribution in [2.24, 2.45) is 5.92 Å². The van der Waals surface area contributed by atoms with E-state index < -0.39 is 44.2 Å². The molecule has 4 atom stereocenters. The molecule has 326 valence electrons. The van der Waals surface area contributed by atoms with E-state index in [2.05, 4.69) is 48.3 Å². The Morgan fingerprint density at radius 2 is 1.50 bits per heavy atom. The highest BCUT2D eigenvalue weighted by molar-refractivity contribution is 7.44. The number of H-pyrrole nitrogens is 1. The fourth-order valence-corrected chi connectivity index (χ4v) is 8.20. The van der Waals surface area contributed by atoms with Gasteiger partial charge in [0.25, 0.3) is 0 Å². The Kier molecular flexibility index (Phi) is 17.2. The minimum Gasteiger partial charge on any atom is -0.603 e. The van der Waals surface area contributed by atoms with Crippen molar-refractivity contribution in [3.8, 4) is 0 Å². The summed E-state index contributed by atoms with van der Waals surface area (Å²) in [6.07, 6.45) is 3.16. The first kappa shape index (κ1) is 45.6. The van der Waals surface area contributed by atoms with E-state index >= 15 is 0 Å². The van der Waals surface area contributed by atoms with Crippen LogP contribution in [0.4, 0.5) is 4.79 Å². The summed E-state index contributed by atoms with van der Waals surface area (Å²) in [5.41, 5.74) is 3.41. The molecule has 62 heavy (non-hydrogen) atoms. The molecule has 1 saturated heterocycles. The zero-order valence-corrected chi connectivity index (χ0v) is 36.1. The SMILES string of the molecule is CC(C)CC(NC(=O)C(Cc1cnc[nH]1)NC(=O)[C@H](Cc1cccc2ccccc12)NC(=O)OCc1ccccc1)O/[P+]([O-])=C/CC(=O)NC1CCN(Cc2ccccc2)CC1. The minimum atomic E-state index is -2.46. The summed E-state index contributed by atoms with van der Waals surface area (Å²) in [7, 11) is -2.46. The topological polar surface area (TPSA) is 190 Å². The highest BCUT2D eigenvalue weighted by Crippen LogP contribution is 2.22. The third-order valence-corrected chi connectivity index (χ3v) is 11.5. The number of aromatic amines is 1. The van der Waals surface area contributed by atoms with Crippen LogP contribution in [0.1, 0.15) is 61.9 Å². The number of amides is 4. The molecule has 15 heteroatoms. The number of fused-ring (bicyclic) bond motifs is 1. The van der Waals surface area contributed by atoms with Crippen molar-refractivity contribution in [1.29, 1.82) is 0 Å². The van der Waals surface area contributed by atoms with Gasteiger partial charge in [-0.25, -0.2) is 9.78 Å². The number of piperidine rings is 1. The van der Waals surface area contributed by atoms with E-state index in [0.29, 0.717) is 12.1 Å². The number of nitrogens with zero attached hydrogens (tertiary/aromatic N) is 2. The number of aromatic nitrogens is 2. The van der Waals surface area contributed by atoms with Gasteiger partial charge in [0.1, 0.15) is 24.5 Å². The van der Waals surface area contributed by atoms with Gasteiger partial charge in [0.05, 0.1) is 12.7 Å². The average molecular weight is 862 g/mol. The molecule has 0 spiro atoms. The van der Waals surface area contributed by atoms with Crippen LogP contribution in [-0.4, -0.2) is 81.9 Å². The zero-order chi connectivity index (χ0) is 43.7. The van der Waals surface area contributed by atoms with E-state index in [1.54, 1.807) is 6.20 Å².